The lowest BCUT2D eigenvalue weighted by Gasteiger charge is -2.33. The highest BCUT2D eigenvalue weighted by Crippen LogP contribution is 2.17. The second kappa shape index (κ2) is 8.27. The SMILES string of the molecule is CCCC(COC)NC(=O)N1CCSCC1C(=O)O. The van der Waals surface area contributed by atoms with Crippen molar-refractivity contribution in [1.29, 1.82) is 0 Å². The molecule has 1 rings (SSSR count). The van der Waals surface area contributed by atoms with Gasteiger partial charge in [0.1, 0.15) is 6.04 Å². The Morgan fingerprint density at radius 3 is 2.89 bits per heavy atom. The predicted octanol–water partition coefficient (Wildman–Crippen LogP) is 1.01. The molecule has 0 aromatic rings. The molecule has 6 nitrogen and oxygen atoms in total. The van der Waals surface area contributed by atoms with E-state index in [2.05, 4.69) is 5.32 Å². The number of urea groups is 1. The molecule has 0 aromatic carbocycles. The van der Waals surface area contributed by atoms with Gasteiger partial charge in [-0.25, -0.2) is 9.59 Å². The minimum absolute atomic E-state index is 0.0634. The van der Waals surface area contributed by atoms with Gasteiger partial charge >= 0.3 is 12.0 Å². The Labute approximate surface area is 117 Å². The molecule has 0 bridgehead atoms. The fraction of sp³-hybridized carbons (Fsp3) is 0.833. The molecule has 2 unspecified atom stereocenters. The molecular weight excluding hydrogens is 268 g/mol. The van der Waals surface area contributed by atoms with Crippen molar-refractivity contribution in [2.75, 3.05) is 31.8 Å². The van der Waals surface area contributed by atoms with Crippen LogP contribution in [0.5, 0.6) is 0 Å². The Balaban J connectivity index is 2.60. The molecule has 1 aliphatic rings. The van der Waals surface area contributed by atoms with Gasteiger partial charge in [0.2, 0.25) is 0 Å². The first-order valence-corrected chi connectivity index (χ1v) is 7.62. The summed E-state index contributed by atoms with van der Waals surface area (Å²) >= 11 is 1.56. The van der Waals surface area contributed by atoms with Gasteiger partial charge in [-0.1, -0.05) is 13.3 Å². The molecule has 0 radical (unpaired) electrons. The van der Waals surface area contributed by atoms with Crippen LogP contribution in [0, 0.1) is 0 Å². The zero-order valence-electron chi connectivity index (χ0n) is 11.4. The highest BCUT2D eigenvalue weighted by atomic mass is 32.2. The molecule has 1 heterocycles. The Bertz CT molecular complexity index is 308. The summed E-state index contributed by atoms with van der Waals surface area (Å²) in [6.45, 7) is 2.95. The highest BCUT2D eigenvalue weighted by molar-refractivity contribution is 7.99. The molecule has 2 amide bonds. The topological polar surface area (TPSA) is 78.9 Å². The molecule has 110 valence electrons. The number of nitrogens with zero attached hydrogens (tertiary/aromatic N) is 1. The number of aliphatic carboxylic acids is 1. The second-order valence-electron chi connectivity index (χ2n) is 4.51. The van der Waals surface area contributed by atoms with Crippen molar-refractivity contribution >= 4 is 23.8 Å². The van der Waals surface area contributed by atoms with Crippen LogP contribution in [-0.2, 0) is 9.53 Å². The minimum Gasteiger partial charge on any atom is -0.480 e. The first-order chi connectivity index (χ1) is 9.10. The number of rotatable bonds is 6. The van der Waals surface area contributed by atoms with Crippen LogP contribution in [0.2, 0.25) is 0 Å². The third-order valence-corrected chi connectivity index (χ3v) is 4.03. The number of thioether (sulfide) groups is 1. The molecule has 1 fully saturated rings. The molecule has 1 aliphatic heterocycles. The van der Waals surface area contributed by atoms with E-state index in [1.165, 1.54) is 4.90 Å². The van der Waals surface area contributed by atoms with E-state index in [4.69, 9.17) is 9.84 Å². The fourth-order valence-electron chi connectivity index (χ4n) is 2.06. The molecule has 0 spiro atoms. The average Bonchev–Trinajstić information content (AvgIpc) is 2.39. The number of hydrogen-bond acceptors (Lipinski definition) is 4. The van der Waals surface area contributed by atoms with Crippen molar-refractivity contribution in [1.82, 2.24) is 10.2 Å². The standard InChI is InChI=1S/C12H22N2O4S/c1-3-4-9(7-18-2)13-12(17)14-5-6-19-8-10(14)11(15)16/h9-10H,3-8H2,1-2H3,(H,13,17)(H,15,16). The molecule has 2 atom stereocenters. The maximum atomic E-state index is 12.2. The van der Waals surface area contributed by atoms with Crippen LogP contribution >= 0.6 is 11.8 Å². The van der Waals surface area contributed by atoms with Gasteiger partial charge in [-0.15, -0.1) is 0 Å². The van der Waals surface area contributed by atoms with Gasteiger partial charge in [0.15, 0.2) is 0 Å². The van der Waals surface area contributed by atoms with Crippen molar-refractivity contribution < 1.29 is 19.4 Å². The predicted molar refractivity (Wildman–Crippen MR) is 74.6 cm³/mol. The first kappa shape index (κ1) is 16.1. The van der Waals surface area contributed by atoms with E-state index in [0.29, 0.717) is 18.9 Å². The number of nitrogens with one attached hydrogen (secondary N) is 1. The van der Waals surface area contributed by atoms with Crippen molar-refractivity contribution in [2.24, 2.45) is 0 Å². The van der Waals surface area contributed by atoms with Gasteiger partial charge in [-0.2, -0.15) is 11.8 Å². The summed E-state index contributed by atoms with van der Waals surface area (Å²) in [6, 6.07) is -1.10. The van der Waals surface area contributed by atoms with E-state index < -0.39 is 12.0 Å². The van der Waals surface area contributed by atoms with Crippen LogP contribution in [-0.4, -0.2) is 65.9 Å². The summed E-state index contributed by atoms with van der Waals surface area (Å²) in [7, 11) is 1.59. The molecule has 7 heteroatoms. The lowest BCUT2D eigenvalue weighted by atomic mass is 10.2. The molecule has 0 aliphatic carbocycles. The van der Waals surface area contributed by atoms with Crippen molar-refractivity contribution in [2.45, 2.75) is 31.8 Å². The Kier molecular flexibility index (Phi) is 7.01. The van der Waals surface area contributed by atoms with Crippen LogP contribution in [0.4, 0.5) is 4.79 Å². The van der Waals surface area contributed by atoms with Gasteiger partial charge in [-0.3, -0.25) is 0 Å². The van der Waals surface area contributed by atoms with E-state index in [0.717, 1.165) is 18.6 Å². The van der Waals surface area contributed by atoms with Crippen LogP contribution in [0.1, 0.15) is 19.8 Å². The maximum absolute atomic E-state index is 12.2. The second-order valence-corrected chi connectivity index (χ2v) is 5.66. The molecule has 19 heavy (non-hydrogen) atoms. The molecular formula is C12H22N2O4S. The number of carbonyl (C=O) groups is 2. The van der Waals surface area contributed by atoms with E-state index in [-0.39, 0.29) is 12.1 Å². The Hall–Kier alpha value is -0.950. The summed E-state index contributed by atoms with van der Waals surface area (Å²) in [5.74, 6) is 0.284. The van der Waals surface area contributed by atoms with Gasteiger partial charge in [0, 0.05) is 25.2 Å². The van der Waals surface area contributed by atoms with E-state index in [1.54, 1.807) is 18.9 Å². The van der Waals surface area contributed by atoms with Crippen molar-refractivity contribution in [3.05, 3.63) is 0 Å². The van der Waals surface area contributed by atoms with E-state index in [1.807, 2.05) is 6.92 Å². The third-order valence-electron chi connectivity index (χ3n) is 3.01. The Morgan fingerprint density at radius 2 is 2.32 bits per heavy atom. The number of ether oxygens (including phenoxy) is 1. The summed E-state index contributed by atoms with van der Waals surface area (Å²) in [5.41, 5.74) is 0. The van der Waals surface area contributed by atoms with Crippen LogP contribution in [0.3, 0.4) is 0 Å². The number of carbonyl (C=O) groups excluding carboxylic acids is 1. The summed E-state index contributed by atoms with van der Waals surface area (Å²) in [4.78, 5) is 24.7. The largest absolute Gasteiger partial charge is 0.480 e. The van der Waals surface area contributed by atoms with E-state index >= 15 is 0 Å². The monoisotopic (exact) mass is 290 g/mol. The van der Waals surface area contributed by atoms with Gasteiger partial charge in [0.25, 0.3) is 0 Å². The van der Waals surface area contributed by atoms with Gasteiger partial charge < -0.3 is 20.1 Å². The molecule has 0 saturated carbocycles. The summed E-state index contributed by atoms with van der Waals surface area (Å²) in [6.07, 6.45) is 1.76. The Morgan fingerprint density at radius 1 is 1.58 bits per heavy atom. The number of hydrogen-bond donors (Lipinski definition) is 2. The normalized spacial score (nSPS) is 20.9. The summed E-state index contributed by atoms with van der Waals surface area (Å²) < 4.78 is 5.07. The molecule has 0 aromatic heterocycles. The van der Waals surface area contributed by atoms with Crippen LogP contribution in [0.25, 0.3) is 0 Å². The molecule has 1 saturated heterocycles. The zero-order chi connectivity index (χ0) is 14.3. The smallest absolute Gasteiger partial charge is 0.327 e. The number of carboxylic acids is 1. The lowest BCUT2D eigenvalue weighted by Crippen LogP contribution is -2.56. The fourth-order valence-corrected chi connectivity index (χ4v) is 3.09. The number of methoxy groups -OCH3 is 1. The first-order valence-electron chi connectivity index (χ1n) is 6.46. The van der Waals surface area contributed by atoms with Crippen molar-refractivity contribution in [3.63, 3.8) is 0 Å². The van der Waals surface area contributed by atoms with Gasteiger partial charge in [-0.05, 0) is 6.42 Å². The number of amides is 2. The van der Waals surface area contributed by atoms with Crippen LogP contribution < -0.4 is 5.32 Å². The van der Waals surface area contributed by atoms with Crippen LogP contribution in [0.15, 0.2) is 0 Å². The lowest BCUT2D eigenvalue weighted by molar-refractivity contribution is -0.141. The summed E-state index contributed by atoms with van der Waals surface area (Å²) in [5, 5.41) is 12.0. The molecule has 2 N–H and O–H groups in total. The van der Waals surface area contributed by atoms with Crippen molar-refractivity contribution in [3.8, 4) is 0 Å². The number of carboxylic acid groups (broad SMARTS) is 1. The minimum atomic E-state index is -0.943. The van der Waals surface area contributed by atoms with Gasteiger partial charge in [0.05, 0.1) is 12.6 Å². The maximum Gasteiger partial charge on any atom is 0.327 e. The highest BCUT2D eigenvalue weighted by Gasteiger charge is 2.33. The third kappa shape index (κ3) is 4.91. The quantitative estimate of drug-likeness (QED) is 0.763. The zero-order valence-corrected chi connectivity index (χ0v) is 12.2. The average molecular weight is 290 g/mol. The van der Waals surface area contributed by atoms with E-state index in [9.17, 15) is 9.59 Å².